The minimum Gasteiger partial charge on any atom is -0.482 e. The number of rotatable bonds is 7. The summed E-state index contributed by atoms with van der Waals surface area (Å²) in [5, 5.41) is 10.3. The lowest BCUT2D eigenvalue weighted by atomic mass is 9.71. The number of fused-ring (bicyclic) bond motifs is 4. The molecule has 9 nitrogen and oxygen atoms in total. The van der Waals surface area contributed by atoms with Gasteiger partial charge in [-0.3, -0.25) is 19.3 Å². The highest BCUT2D eigenvalue weighted by Gasteiger charge is 2.66. The van der Waals surface area contributed by atoms with Crippen LogP contribution in [0.2, 0.25) is 0 Å². The summed E-state index contributed by atoms with van der Waals surface area (Å²) < 4.78 is 29.2. The van der Waals surface area contributed by atoms with Crippen molar-refractivity contribution < 1.29 is 33.4 Å². The highest BCUT2D eigenvalue weighted by Crippen LogP contribution is 2.59. The van der Waals surface area contributed by atoms with Crippen LogP contribution in [0.3, 0.4) is 0 Å². The number of ether oxygens (including phenoxy) is 2. The number of alkyl halides is 1. The topological polar surface area (TPSA) is 99.6 Å². The summed E-state index contributed by atoms with van der Waals surface area (Å²) in [7, 11) is 0. The number of carbonyl (C=O) groups excluding carboxylic acids is 3. The van der Waals surface area contributed by atoms with E-state index in [0.29, 0.717) is 41.3 Å². The number of para-hydroxylation sites is 2. The van der Waals surface area contributed by atoms with E-state index in [2.05, 4.69) is 0 Å². The van der Waals surface area contributed by atoms with E-state index in [0.717, 1.165) is 16.7 Å². The quantitative estimate of drug-likeness (QED) is 0.246. The van der Waals surface area contributed by atoms with Gasteiger partial charge in [0.1, 0.15) is 11.4 Å². The normalized spacial score (nSPS) is 25.2. The van der Waals surface area contributed by atoms with Gasteiger partial charge in [0.2, 0.25) is 5.91 Å². The first kappa shape index (κ1) is 34.0. The molecule has 0 aliphatic carbocycles. The number of carbonyl (C=O) groups is 3. The van der Waals surface area contributed by atoms with E-state index < -0.39 is 35.3 Å². The first-order valence-electron chi connectivity index (χ1n) is 17.9. The van der Waals surface area contributed by atoms with Crippen LogP contribution in [0.5, 0.6) is 5.75 Å². The van der Waals surface area contributed by atoms with Crippen molar-refractivity contribution in [2.24, 2.45) is 11.8 Å². The molecule has 268 valence electrons. The van der Waals surface area contributed by atoms with Crippen molar-refractivity contribution in [2.75, 3.05) is 23.0 Å². The summed E-state index contributed by atoms with van der Waals surface area (Å²) in [4.78, 5) is 47.6. The van der Waals surface area contributed by atoms with Gasteiger partial charge < -0.3 is 24.4 Å². The molecule has 0 bridgehead atoms. The lowest BCUT2D eigenvalue weighted by molar-refractivity contribution is -0.151. The molecule has 1 fully saturated rings. The second-order valence-electron chi connectivity index (χ2n) is 14.9. The molecule has 0 saturated carbocycles. The lowest BCUT2D eigenvalue weighted by Gasteiger charge is -2.37. The van der Waals surface area contributed by atoms with E-state index in [9.17, 15) is 14.7 Å². The Labute approximate surface area is 302 Å². The van der Waals surface area contributed by atoms with Gasteiger partial charge in [-0.2, -0.15) is 0 Å². The Morgan fingerprint density at radius 3 is 2.40 bits per heavy atom. The Bertz CT molecular complexity index is 2050. The van der Waals surface area contributed by atoms with Crippen LogP contribution in [0, 0.1) is 11.8 Å². The van der Waals surface area contributed by atoms with Gasteiger partial charge in [0.15, 0.2) is 12.2 Å². The molecule has 4 aromatic carbocycles. The summed E-state index contributed by atoms with van der Waals surface area (Å²) in [5.41, 5.74) is 1.75. The van der Waals surface area contributed by atoms with Crippen LogP contribution in [0.15, 0.2) is 97.1 Å². The molecule has 1 spiro atoms. The van der Waals surface area contributed by atoms with Crippen molar-refractivity contribution in [1.82, 2.24) is 4.90 Å². The van der Waals surface area contributed by atoms with Crippen molar-refractivity contribution in [1.29, 1.82) is 0 Å². The highest BCUT2D eigenvalue weighted by atomic mass is 19.1. The second kappa shape index (κ2) is 12.9. The van der Waals surface area contributed by atoms with Crippen molar-refractivity contribution in [3.05, 3.63) is 119 Å². The summed E-state index contributed by atoms with van der Waals surface area (Å²) in [5.74, 6) is -1.86. The highest BCUT2D eigenvalue weighted by molar-refractivity contribution is 6.09. The van der Waals surface area contributed by atoms with E-state index in [-0.39, 0.29) is 43.9 Å². The number of aliphatic hydroxyl groups excluding tert-OH is 1. The van der Waals surface area contributed by atoms with E-state index in [1.165, 1.54) is 13.8 Å². The first-order valence-corrected chi connectivity index (χ1v) is 17.9. The first-order chi connectivity index (χ1) is 25.0. The largest absolute Gasteiger partial charge is 0.482 e. The Morgan fingerprint density at radius 2 is 1.65 bits per heavy atom. The van der Waals surface area contributed by atoms with Crippen molar-refractivity contribution in [3.63, 3.8) is 0 Å². The van der Waals surface area contributed by atoms with Crippen LogP contribution in [0.4, 0.5) is 21.5 Å². The van der Waals surface area contributed by atoms with Gasteiger partial charge >= 0.3 is 0 Å². The number of aliphatic hydroxyl groups is 1. The summed E-state index contributed by atoms with van der Waals surface area (Å²) in [6, 6.07) is 29.8. The monoisotopic (exact) mass is 703 g/mol. The van der Waals surface area contributed by atoms with Crippen LogP contribution >= 0.6 is 0 Å². The van der Waals surface area contributed by atoms with Crippen molar-refractivity contribution >= 4 is 34.8 Å². The Kier molecular flexibility index (Phi) is 8.42. The smallest absolute Gasteiger partial charge is 0.269 e. The van der Waals surface area contributed by atoms with Crippen molar-refractivity contribution in [3.8, 4) is 5.75 Å². The number of halogens is 1. The maximum atomic E-state index is 16.6. The minimum atomic E-state index is -1.83. The van der Waals surface area contributed by atoms with E-state index in [4.69, 9.17) is 9.47 Å². The maximum Gasteiger partial charge on any atom is 0.269 e. The van der Waals surface area contributed by atoms with Crippen LogP contribution in [-0.4, -0.2) is 58.8 Å². The zero-order chi connectivity index (χ0) is 36.4. The summed E-state index contributed by atoms with van der Waals surface area (Å²) >= 11 is 0. The SMILES string of the molecule is C[C@@H]1[C@@H](C(C)(C)F)[C@H](CC(=O)N2Cc3ccccc3C[C@H]2CO)O[C@@]12C(=O)N(Cc1ccccc1)c1ccc(N3C(=O)COc4ccccc43)cc12. The number of amides is 3. The predicted molar refractivity (Wildman–Crippen MR) is 194 cm³/mol. The van der Waals surface area contributed by atoms with Crippen molar-refractivity contribution in [2.45, 2.75) is 70.1 Å². The average Bonchev–Trinajstić information content (AvgIpc) is 3.56. The van der Waals surface area contributed by atoms with E-state index >= 15 is 9.18 Å². The Morgan fingerprint density at radius 1 is 0.942 bits per heavy atom. The molecule has 1 N–H and O–H groups in total. The molecule has 4 aliphatic rings. The van der Waals surface area contributed by atoms with Gasteiger partial charge in [-0.05, 0) is 67.3 Å². The van der Waals surface area contributed by atoms with Crippen LogP contribution in [0.1, 0.15) is 49.4 Å². The van der Waals surface area contributed by atoms with Gasteiger partial charge in [0, 0.05) is 29.6 Å². The van der Waals surface area contributed by atoms with Gasteiger partial charge in [0.05, 0.1) is 43.1 Å². The third kappa shape index (κ3) is 5.47. The maximum absolute atomic E-state index is 16.6. The Hall–Kier alpha value is -5.06. The molecule has 1 saturated heterocycles. The molecule has 5 atom stereocenters. The van der Waals surface area contributed by atoms with Crippen LogP contribution in [0.25, 0.3) is 0 Å². The zero-order valence-electron chi connectivity index (χ0n) is 29.5. The van der Waals surface area contributed by atoms with Gasteiger partial charge in [-0.1, -0.05) is 73.7 Å². The molecule has 52 heavy (non-hydrogen) atoms. The predicted octanol–water partition coefficient (Wildman–Crippen LogP) is 6.22. The third-order valence-electron chi connectivity index (χ3n) is 11.4. The standard InChI is InChI=1S/C42H42FN3O6/c1-26-39(41(2,3)43)36(21-37(48)44-23-29-14-8-7-13-28(29)19-31(44)24-47)52-42(26)32-20-30(46-34-15-9-10-16-35(34)51-25-38(46)49)17-18-33(32)45(40(42)50)22-27-11-5-4-6-12-27/h4-18,20,26,31,36,39,47H,19,21-25H2,1-3H3/t26-,31+,36+,39-,42+/m1/s1. The van der Waals surface area contributed by atoms with Gasteiger partial charge in [-0.25, -0.2) is 4.39 Å². The van der Waals surface area contributed by atoms with Gasteiger partial charge in [0.25, 0.3) is 11.8 Å². The zero-order valence-corrected chi connectivity index (χ0v) is 29.5. The fraction of sp³-hybridized carbons (Fsp3) is 0.357. The molecule has 4 aliphatic heterocycles. The van der Waals surface area contributed by atoms with Gasteiger partial charge in [-0.15, -0.1) is 0 Å². The molecule has 0 radical (unpaired) electrons. The fourth-order valence-corrected chi connectivity index (χ4v) is 9.01. The summed E-state index contributed by atoms with van der Waals surface area (Å²) in [6.07, 6.45) is -0.615. The molecule has 0 unspecified atom stereocenters. The third-order valence-corrected chi connectivity index (χ3v) is 11.4. The molecule has 8 rings (SSSR count). The average molecular weight is 704 g/mol. The molecule has 3 amide bonds. The molecule has 10 heteroatoms. The number of benzene rings is 4. The summed E-state index contributed by atoms with van der Waals surface area (Å²) in [6.45, 7) is 5.00. The molecular formula is C42H42FN3O6. The van der Waals surface area contributed by atoms with E-state index in [1.54, 1.807) is 26.8 Å². The molecule has 0 aromatic heterocycles. The Balaban J connectivity index is 1.21. The lowest BCUT2D eigenvalue weighted by Crippen LogP contribution is -2.48. The van der Waals surface area contributed by atoms with E-state index in [1.807, 2.05) is 91.9 Å². The molecular weight excluding hydrogens is 661 g/mol. The number of nitrogens with zero attached hydrogens (tertiary/aromatic N) is 3. The fourth-order valence-electron chi connectivity index (χ4n) is 9.01. The molecule has 4 heterocycles. The van der Waals surface area contributed by atoms with Crippen LogP contribution < -0.4 is 14.5 Å². The van der Waals surface area contributed by atoms with Crippen LogP contribution in [-0.2, 0) is 44.2 Å². The number of hydrogen-bond acceptors (Lipinski definition) is 6. The minimum absolute atomic E-state index is 0.149. The molecule has 4 aromatic rings. The second-order valence-corrected chi connectivity index (χ2v) is 14.9. The number of hydrogen-bond donors (Lipinski definition) is 1. The number of anilines is 3.